The maximum Gasteiger partial charge on any atom is 0.353 e. The number of carboxylic acid groups (broad SMARTS) is 1. The van der Waals surface area contributed by atoms with Crippen molar-refractivity contribution in [3.63, 3.8) is 0 Å². The van der Waals surface area contributed by atoms with E-state index in [1.54, 1.807) is 30.3 Å². The fraction of sp³-hybridized carbons (Fsp3) is 0.407. The van der Waals surface area contributed by atoms with Gasteiger partial charge in [0.25, 0.3) is 17.7 Å². The number of hydrogen-bond acceptors (Lipinski definition) is 8. The van der Waals surface area contributed by atoms with Crippen LogP contribution in [0.5, 0.6) is 0 Å². The predicted molar refractivity (Wildman–Crippen MR) is 152 cm³/mol. The van der Waals surface area contributed by atoms with Crippen molar-refractivity contribution in [1.29, 1.82) is 0 Å². The topological polar surface area (TPSA) is 194 Å². The van der Waals surface area contributed by atoms with Crippen LogP contribution in [0.25, 0.3) is 0 Å². The van der Waals surface area contributed by atoms with Crippen LogP contribution in [0.2, 0.25) is 0 Å². The van der Waals surface area contributed by atoms with Crippen LogP contribution in [0, 0.1) is 5.92 Å². The second-order valence-electron chi connectivity index (χ2n) is 10.3. The molecule has 0 saturated carbocycles. The van der Waals surface area contributed by atoms with Crippen LogP contribution in [0.1, 0.15) is 38.3 Å². The van der Waals surface area contributed by atoms with Gasteiger partial charge in [0.1, 0.15) is 34.5 Å². The highest BCUT2D eigenvalue weighted by Gasteiger charge is 2.54. The van der Waals surface area contributed by atoms with Gasteiger partial charge in [0.05, 0.1) is 11.1 Å². The molecular formula is C27H30ClN5O8S. The second-order valence-corrected chi connectivity index (χ2v) is 11.8. The zero-order valence-corrected chi connectivity index (χ0v) is 24.3. The Balaban J connectivity index is 1.37. The number of carbonyl (C=O) groups is 6. The summed E-state index contributed by atoms with van der Waals surface area (Å²) in [5.74, 6) is -4.83. The summed E-state index contributed by atoms with van der Waals surface area (Å²) in [6.45, 7) is 3.64. The van der Waals surface area contributed by atoms with Crippen molar-refractivity contribution in [2.24, 2.45) is 5.92 Å². The smallest absolute Gasteiger partial charge is 0.353 e. The molecule has 1 unspecified atom stereocenters. The standard InChI is InChI=1S/C27H30ClN5O8S/c1-12(2)10-15-21(35)17(23(37)30-15)22(36)29-9-8-16(34)31-18(13-6-4-3-5-7-13)24(38)32-19-25(39)33-20(27(40)41)14(28)11-42-26(19)33/h3-7,12,15,18-19,26,35H,8-11H2,1-2H3,(H,29,36)(H,30,37)(H,31,34)(H,32,38)(H,40,41)/t15?,18-,19-,26-/m1/s1. The third-order valence-corrected chi connectivity index (χ3v) is 8.56. The zero-order chi connectivity index (χ0) is 30.7. The zero-order valence-electron chi connectivity index (χ0n) is 22.7. The van der Waals surface area contributed by atoms with Crippen molar-refractivity contribution in [3.8, 4) is 0 Å². The maximum absolute atomic E-state index is 13.3. The number of carbonyl (C=O) groups excluding carboxylic acids is 5. The number of β-lactam (4-membered cyclic amide) rings is 1. The highest BCUT2D eigenvalue weighted by Crippen LogP contribution is 2.41. The Hall–Kier alpha value is -4.04. The lowest BCUT2D eigenvalue weighted by atomic mass is 10.0. The largest absolute Gasteiger partial charge is 0.509 e. The van der Waals surface area contributed by atoms with Crippen molar-refractivity contribution in [3.05, 3.63) is 58.0 Å². The van der Waals surface area contributed by atoms with Gasteiger partial charge in [-0.2, -0.15) is 0 Å². The van der Waals surface area contributed by atoms with Gasteiger partial charge in [-0.1, -0.05) is 55.8 Å². The third kappa shape index (κ3) is 6.39. The summed E-state index contributed by atoms with van der Waals surface area (Å²) in [6.07, 6.45) is 0.197. The summed E-state index contributed by atoms with van der Waals surface area (Å²) in [5, 5.41) is 29.4. The number of hydrogen-bond donors (Lipinski definition) is 6. The summed E-state index contributed by atoms with van der Waals surface area (Å²) in [6, 6.07) is 5.40. The van der Waals surface area contributed by atoms with Crippen LogP contribution >= 0.6 is 23.4 Å². The molecule has 0 spiro atoms. The van der Waals surface area contributed by atoms with Crippen LogP contribution in [0.15, 0.2) is 52.4 Å². The monoisotopic (exact) mass is 619 g/mol. The van der Waals surface area contributed by atoms with Gasteiger partial charge in [0.15, 0.2) is 0 Å². The molecule has 0 bridgehead atoms. The average molecular weight is 620 g/mol. The molecule has 1 fully saturated rings. The number of amides is 5. The van der Waals surface area contributed by atoms with Crippen molar-refractivity contribution in [1.82, 2.24) is 26.2 Å². The number of carboxylic acids is 1. The molecule has 13 nitrogen and oxygen atoms in total. The molecule has 1 aromatic carbocycles. The molecule has 42 heavy (non-hydrogen) atoms. The normalized spacial score (nSPS) is 22.3. The predicted octanol–water partition coefficient (Wildman–Crippen LogP) is 0.642. The van der Waals surface area contributed by atoms with Gasteiger partial charge in [-0.3, -0.25) is 28.9 Å². The average Bonchev–Trinajstić information content (AvgIpc) is 3.21. The van der Waals surface area contributed by atoms with Gasteiger partial charge in [0.2, 0.25) is 11.8 Å². The molecule has 0 aliphatic carbocycles. The molecular weight excluding hydrogens is 590 g/mol. The number of aliphatic carboxylic acids is 1. The highest BCUT2D eigenvalue weighted by atomic mass is 35.5. The van der Waals surface area contributed by atoms with Crippen LogP contribution in [-0.4, -0.2) is 80.4 Å². The quantitative estimate of drug-likeness (QED) is 0.152. The van der Waals surface area contributed by atoms with E-state index < -0.39 is 64.6 Å². The molecule has 4 atom stereocenters. The first kappa shape index (κ1) is 30.9. The van der Waals surface area contributed by atoms with Crippen molar-refractivity contribution in [2.75, 3.05) is 12.3 Å². The Morgan fingerprint density at radius 3 is 2.50 bits per heavy atom. The van der Waals surface area contributed by atoms with E-state index in [1.807, 2.05) is 13.8 Å². The Bertz CT molecular complexity index is 1380. The first-order valence-corrected chi connectivity index (χ1v) is 14.6. The first-order chi connectivity index (χ1) is 19.9. The van der Waals surface area contributed by atoms with Crippen LogP contribution in [-0.2, 0) is 28.8 Å². The van der Waals surface area contributed by atoms with E-state index in [0.717, 1.165) is 4.90 Å². The van der Waals surface area contributed by atoms with Crippen molar-refractivity contribution in [2.45, 2.75) is 50.2 Å². The number of aliphatic hydroxyl groups is 1. The van der Waals surface area contributed by atoms with Gasteiger partial charge >= 0.3 is 5.97 Å². The Labute approximate surface area is 250 Å². The summed E-state index contributed by atoms with van der Waals surface area (Å²) < 4.78 is 0. The minimum absolute atomic E-state index is 0.0267. The van der Waals surface area contributed by atoms with E-state index in [1.165, 1.54) is 11.8 Å². The lowest BCUT2D eigenvalue weighted by Crippen LogP contribution is -2.71. The molecule has 1 aromatic rings. The molecule has 6 N–H and O–H groups in total. The van der Waals surface area contributed by atoms with Crippen molar-refractivity contribution >= 4 is 58.9 Å². The van der Waals surface area contributed by atoms with E-state index >= 15 is 0 Å². The van der Waals surface area contributed by atoms with E-state index in [2.05, 4.69) is 21.3 Å². The molecule has 0 radical (unpaired) electrons. The number of nitrogens with zero attached hydrogens (tertiary/aromatic N) is 1. The van der Waals surface area contributed by atoms with E-state index in [0.29, 0.717) is 12.0 Å². The van der Waals surface area contributed by atoms with Crippen molar-refractivity contribution < 1.29 is 39.0 Å². The second kappa shape index (κ2) is 12.9. The maximum atomic E-state index is 13.3. The molecule has 3 aliphatic heterocycles. The first-order valence-electron chi connectivity index (χ1n) is 13.1. The number of rotatable bonds is 11. The van der Waals surface area contributed by atoms with Crippen LogP contribution < -0.4 is 21.3 Å². The molecule has 4 rings (SSSR count). The van der Waals surface area contributed by atoms with Gasteiger partial charge in [-0.25, -0.2) is 4.79 Å². The number of nitrogens with one attached hydrogen (secondary N) is 4. The Morgan fingerprint density at radius 1 is 1.17 bits per heavy atom. The van der Waals surface area contributed by atoms with Crippen LogP contribution in [0.4, 0.5) is 0 Å². The minimum Gasteiger partial charge on any atom is -0.509 e. The van der Waals surface area contributed by atoms with Gasteiger partial charge in [-0.05, 0) is 17.9 Å². The molecule has 15 heteroatoms. The van der Waals surface area contributed by atoms with Crippen LogP contribution in [0.3, 0.4) is 0 Å². The van der Waals surface area contributed by atoms with E-state index in [4.69, 9.17) is 11.6 Å². The number of halogens is 1. The molecule has 3 heterocycles. The number of fused-ring (bicyclic) bond motifs is 1. The summed E-state index contributed by atoms with van der Waals surface area (Å²) in [7, 11) is 0. The summed E-state index contributed by atoms with van der Waals surface area (Å²) in [4.78, 5) is 76.3. The van der Waals surface area contributed by atoms with E-state index in [-0.39, 0.29) is 41.1 Å². The fourth-order valence-corrected chi connectivity index (χ4v) is 6.38. The Morgan fingerprint density at radius 2 is 1.86 bits per heavy atom. The lowest BCUT2D eigenvalue weighted by molar-refractivity contribution is -0.151. The molecule has 0 aromatic heterocycles. The highest BCUT2D eigenvalue weighted by molar-refractivity contribution is 8.00. The third-order valence-electron chi connectivity index (χ3n) is 6.81. The molecule has 5 amide bonds. The lowest BCUT2D eigenvalue weighted by Gasteiger charge is -2.49. The molecule has 1 saturated heterocycles. The SMILES string of the molecule is CC(C)CC1NC(=O)C(C(=O)NCCC(=O)N[C@@H](C(=O)N[C@@H]2C(=O)N3C(C(=O)O)=C(Cl)CS[C@H]23)c2ccccc2)=C1O. The van der Waals surface area contributed by atoms with Gasteiger partial charge in [-0.15, -0.1) is 11.8 Å². The van der Waals surface area contributed by atoms with E-state index in [9.17, 15) is 39.0 Å². The summed E-state index contributed by atoms with van der Waals surface area (Å²) in [5.41, 5.74) is -0.291. The molecule has 3 aliphatic rings. The number of thioether (sulfide) groups is 1. The number of aliphatic hydroxyl groups excluding tert-OH is 1. The summed E-state index contributed by atoms with van der Waals surface area (Å²) >= 11 is 7.21. The number of benzene rings is 1. The molecule has 224 valence electrons. The Kier molecular flexibility index (Phi) is 9.46. The minimum atomic E-state index is -1.35. The fourth-order valence-electron chi connectivity index (χ4n) is 4.83. The van der Waals surface area contributed by atoms with Gasteiger partial charge in [0, 0.05) is 18.7 Å². The van der Waals surface area contributed by atoms with Gasteiger partial charge < -0.3 is 31.5 Å².